The highest BCUT2D eigenvalue weighted by Crippen LogP contribution is 2.43. The number of benzene rings is 1. The fourth-order valence-electron chi connectivity index (χ4n) is 2.26. The summed E-state index contributed by atoms with van der Waals surface area (Å²) in [4.78, 5) is 0. The van der Waals surface area contributed by atoms with Crippen molar-refractivity contribution in [3.8, 4) is 0 Å². The molecule has 22 heavy (non-hydrogen) atoms. The highest BCUT2D eigenvalue weighted by atomic mass is 19.4. The van der Waals surface area contributed by atoms with Crippen LogP contribution in [0, 0.1) is 0 Å². The third-order valence-corrected chi connectivity index (χ3v) is 3.99. The normalized spacial score (nSPS) is 17.8. The van der Waals surface area contributed by atoms with E-state index < -0.39 is 18.1 Å². The predicted octanol–water partition coefficient (Wildman–Crippen LogP) is 5.38. The molecule has 1 aromatic carbocycles. The lowest BCUT2D eigenvalue weighted by Crippen LogP contribution is -2.44. The van der Waals surface area contributed by atoms with E-state index in [0.29, 0.717) is 12.5 Å². The van der Waals surface area contributed by atoms with Crippen LogP contribution in [0.25, 0.3) is 0 Å². The lowest BCUT2D eigenvalue weighted by atomic mass is 9.91. The van der Waals surface area contributed by atoms with Gasteiger partial charge in [-0.1, -0.05) is 38.1 Å². The quantitative estimate of drug-likeness (QED) is 0.629. The van der Waals surface area contributed by atoms with Gasteiger partial charge in [0.05, 0.1) is 0 Å². The zero-order valence-corrected chi connectivity index (χ0v) is 13.8. The molecule has 0 bridgehead atoms. The van der Waals surface area contributed by atoms with Crippen molar-refractivity contribution in [3.63, 3.8) is 0 Å². The van der Waals surface area contributed by atoms with Gasteiger partial charge < -0.3 is 9.47 Å². The Labute approximate surface area is 130 Å². The Hall–Kier alpha value is -1.07. The zero-order valence-electron chi connectivity index (χ0n) is 13.8. The van der Waals surface area contributed by atoms with Crippen LogP contribution < -0.4 is 0 Å². The van der Waals surface area contributed by atoms with Crippen molar-refractivity contribution in [2.75, 3.05) is 6.61 Å². The highest BCUT2D eigenvalue weighted by molar-refractivity contribution is 5.30. The lowest BCUT2D eigenvalue weighted by Gasteiger charge is -2.35. The van der Waals surface area contributed by atoms with Crippen molar-refractivity contribution in [1.29, 1.82) is 0 Å². The van der Waals surface area contributed by atoms with Crippen LogP contribution in [-0.4, -0.2) is 19.1 Å². The number of halogens is 3. The molecule has 0 amide bonds. The van der Waals surface area contributed by atoms with E-state index in [2.05, 4.69) is 0 Å². The predicted molar refractivity (Wildman–Crippen MR) is 80.7 cm³/mol. The molecular formula is C17H25F3O2. The van der Waals surface area contributed by atoms with Crippen LogP contribution in [0.3, 0.4) is 0 Å². The van der Waals surface area contributed by atoms with Gasteiger partial charge in [-0.2, -0.15) is 13.2 Å². The van der Waals surface area contributed by atoms with Gasteiger partial charge >= 0.3 is 6.18 Å². The molecule has 0 aliphatic heterocycles. The van der Waals surface area contributed by atoms with Gasteiger partial charge in [-0.05, 0) is 44.2 Å². The molecule has 0 spiro atoms. The summed E-state index contributed by atoms with van der Waals surface area (Å²) in [6.45, 7) is 8.62. The SMILES string of the molecule is CCOC(C)OC(C)(c1ccc(C(C)CC)cc1)C(F)(F)F. The number of rotatable bonds is 7. The molecule has 0 saturated carbocycles. The molecule has 0 aromatic heterocycles. The molecule has 126 valence electrons. The van der Waals surface area contributed by atoms with E-state index in [-0.39, 0.29) is 5.56 Å². The topological polar surface area (TPSA) is 18.5 Å². The van der Waals surface area contributed by atoms with Crippen LogP contribution in [-0.2, 0) is 15.1 Å². The smallest absolute Gasteiger partial charge is 0.353 e. The molecule has 3 unspecified atom stereocenters. The van der Waals surface area contributed by atoms with Crippen molar-refractivity contribution in [3.05, 3.63) is 35.4 Å². The minimum absolute atomic E-state index is 0.0820. The molecular weight excluding hydrogens is 293 g/mol. The van der Waals surface area contributed by atoms with Crippen LogP contribution >= 0.6 is 0 Å². The van der Waals surface area contributed by atoms with E-state index >= 15 is 0 Å². The van der Waals surface area contributed by atoms with E-state index in [1.165, 1.54) is 19.1 Å². The van der Waals surface area contributed by atoms with Crippen LogP contribution in [0.15, 0.2) is 24.3 Å². The summed E-state index contributed by atoms with van der Waals surface area (Å²) in [5.74, 6) is 0.314. The molecule has 2 nitrogen and oxygen atoms in total. The summed E-state index contributed by atoms with van der Waals surface area (Å²) in [6, 6.07) is 6.46. The van der Waals surface area contributed by atoms with Crippen molar-refractivity contribution < 1.29 is 22.6 Å². The standard InChI is InChI=1S/C17H25F3O2/c1-6-12(3)14-8-10-15(11-9-14)16(5,17(18,19)20)22-13(4)21-7-2/h8-13H,6-7H2,1-5H3. The first kappa shape index (κ1) is 19.0. The number of ether oxygens (including phenoxy) is 2. The summed E-state index contributed by atoms with van der Waals surface area (Å²) in [5, 5.41) is 0. The van der Waals surface area contributed by atoms with E-state index in [1.807, 2.05) is 13.8 Å². The van der Waals surface area contributed by atoms with Gasteiger partial charge in [0.1, 0.15) is 0 Å². The molecule has 0 aliphatic carbocycles. The maximum absolute atomic E-state index is 13.5. The highest BCUT2D eigenvalue weighted by Gasteiger charge is 2.54. The number of hydrogen-bond donors (Lipinski definition) is 0. The average molecular weight is 318 g/mol. The molecule has 5 heteroatoms. The second-order valence-corrected chi connectivity index (χ2v) is 5.60. The third-order valence-electron chi connectivity index (χ3n) is 3.99. The summed E-state index contributed by atoms with van der Waals surface area (Å²) >= 11 is 0. The van der Waals surface area contributed by atoms with E-state index in [4.69, 9.17) is 9.47 Å². The maximum Gasteiger partial charge on any atom is 0.421 e. The number of alkyl halides is 3. The molecule has 3 atom stereocenters. The molecule has 0 heterocycles. The number of hydrogen-bond acceptors (Lipinski definition) is 2. The lowest BCUT2D eigenvalue weighted by molar-refractivity contribution is -0.320. The first-order chi connectivity index (χ1) is 10.2. The Morgan fingerprint density at radius 2 is 1.59 bits per heavy atom. The van der Waals surface area contributed by atoms with E-state index in [0.717, 1.165) is 18.9 Å². The second kappa shape index (κ2) is 7.47. The first-order valence-corrected chi connectivity index (χ1v) is 7.62. The molecule has 0 radical (unpaired) electrons. The van der Waals surface area contributed by atoms with E-state index in [9.17, 15) is 13.2 Å². The molecule has 0 N–H and O–H groups in total. The van der Waals surface area contributed by atoms with Gasteiger partial charge in [-0.3, -0.25) is 0 Å². The second-order valence-electron chi connectivity index (χ2n) is 5.60. The Balaban J connectivity index is 3.12. The van der Waals surface area contributed by atoms with Gasteiger partial charge in [0.25, 0.3) is 0 Å². The van der Waals surface area contributed by atoms with Crippen LogP contribution in [0.5, 0.6) is 0 Å². The van der Waals surface area contributed by atoms with Crippen molar-refractivity contribution in [1.82, 2.24) is 0 Å². The third kappa shape index (κ3) is 4.23. The van der Waals surface area contributed by atoms with E-state index in [1.54, 1.807) is 19.1 Å². The zero-order chi connectivity index (χ0) is 17.0. The largest absolute Gasteiger partial charge is 0.421 e. The molecule has 1 aromatic rings. The monoisotopic (exact) mass is 318 g/mol. The Morgan fingerprint density at radius 1 is 1.05 bits per heavy atom. The molecule has 0 saturated heterocycles. The van der Waals surface area contributed by atoms with Gasteiger partial charge in [0.2, 0.25) is 0 Å². The summed E-state index contributed by atoms with van der Waals surface area (Å²) in [7, 11) is 0. The summed E-state index contributed by atoms with van der Waals surface area (Å²) < 4.78 is 50.9. The van der Waals surface area contributed by atoms with Gasteiger partial charge in [-0.15, -0.1) is 0 Å². The average Bonchev–Trinajstić information content (AvgIpc) is 2.45. The Kier molecular flexibility index (Phi) is 6.44. The van der Waals surface area contributed by atoms with Crippen molar-refractivity contribution in [2.24, 2.45) is 0 Å². The van der Waals surface area contributed by atoms with Gasteiger partial charge in [0, 0.05) is 6.61 Å². The van der Waals surface area contributed by atoms with Crippen LogP contribution in [0.4, 0.5) is 13.2 Å². The van der Waals surface area contributed by atoms with Gasteiger partial charge in [-0.25, -0.2) is 0 Å². The minimum Gasteiger partial charge on any atom is -0.353 e. The maximum atomic E-state index is 13.5. The van der Waals surface area contributed by atoms with Crippen molar-refractivity contribution >= 4 is 0 Å². The van der Waals surface area contributed by atoms with Crippen molar-refractivity contribution in [2.45, 2.75) is 65.0 Å². The molecule has 0 fully saturated rings. The minimum atomic E-state index is -4.53. The Morgan fingerprint density at radius 3 is 2.00 bits per heavy atom. The molecule has 1 rings (SSSR count). The van der Waals surface area contributed by atoms with Gasteiger partial charge in [0.15, 0.2) is 11.9 Å². The summed E-state index contributed by atoms with van der Waals surface area (Å²) in [6.07, 6.45) is -4.53. The fourth-order valence-corrected chi connectivity index (χ4v) is 2.26. The van der Waals surface area contributed by atoms with Crippen LogP contribution in [0.2, 0.25) is 0 Å². The fraction of sp³-hybridized carbons (Fsp3) is 0.647. The van der Waals surface area contributed by atoms with Crippen LogP contribution in [0.1, 0.15) is 58.1 Å². The first-order valence-electron chi connectivity index (χ1n) is 7.62. The summed E-state index contributed by atoms with van der Waals surface area (Å²) in [5.41, 5.74) is -1.29. The molecule has 0 aliphatic rings. The Bertz CT molecular complexity index is 456.